The van der Waals surface area contributed by atoms with Crippen molar-refractivity contribution in [1.82, 2.24) is 4.57 Å². The molecular formula is C52H36N2. The third-order valence-corrected chi connectivity index (χ3v) is 10.3. The Bertz CT molecular complexity index is 3160. The fraction of sp³-hybridized carbons (Fsp3) is 0. The Morgan fingerprint density at radius 2 is 0.907 bits per heavy atom. The summed E-state index contributed by atoms with van der Waals surface area (Å²) >= 11 is 0. The second-order valence-electron chi connectivity index (χ2n) is 13.4. The minimum absolute atomic E-state index is 0.0909. The van der Waals surface area contributed by atoms with Crippen molar-refractivity contribution in [1.29, 1.82) is 0 Å². The topological polar surface area (TPSA) is 8.17 Å². The van der Waals surface area contributed by atoms with Gasteiger partial charge in [0, 0.05) is 33.5 Å². The molecule has 254 valence electrons. The van der Waals surface area contributed by atoms with Crippen molar-refractivity contribution in [2.24, 2.45) is 0 Å². The van der Waals surface area contributed by atoms with Crippen LogP contribution in [0.3, 0.4) is 0 Å². The number of hydrogen-bond acceptors (Lipinski definition) is 1. The summed E-state index contributed by atoms with van der Waals surface area (Å²) in [5, 5.41) is 4.95. The lowest BCUT2D eigenvalue weighted by atomic mass is 9.94. The van der Waals surface area contributed by atoms with Crippen molar-refractivity contribution >= 4 is 49.6 Å². The molecule has 0 spiro atoms. The van der Waals surface area contributed by atoms with Crippen molar-refractivity contribution in [3.8, 4) is 39.1 Å². The molecule has 0 aliphatic rings. The van der Waals surface area contributed by atoms with Gasteiger partial charge in [-0.1, -0.05) is 158 Å². The van der Waals surface area contributed by atoms with E-state index in [0.29, 0.717) is 11.4 Å². The molecule has 0 saturated carbocycles. The number of aromatic nitrogens is 1. The molecule has 1 heterocycles. The van der Waals surface area contributed by atoms with Crippen LogP contribution in [0.1, 0.15) is 6.85 Å². The van der Waals surface area contributed by atoms with E-state index in [1.54, 1.807) is 4.90 Å². The van der Waals surface area contributed by atoms with Gasteiger partial charge in [-0.2, -0.15) is 0 Å². The predicted molar refractivity (Wildman–Crippen MR) is 229 cm³/mol. The molecule has 9 aromatic carbocycles. The zero-order chi connectivity index (χ0) is 40.2. The molecule has 0 fully saturated rings. The smallest absolute Gasteiger partial charge is 0.0645 e. The van der Waals surface area contributed by atoms with Gasteiger partial charge in [0.05, 0.1) is 17.9 Å². The molecule has 0 aliphatic heterocycles. The second-order valence-corrected chi connectivity index (χ2v) is 13.4. The van der Waals surface area contributed by atoms with Gasteiger partial charge in [0.2, 0.25) is 0 Å². The lowest BCUT2D eigenvalue weighted by Gasteiger charge is -2.26. The molecule has 1 aromatic heterocycles. The largest absolute Gasteiger partial charge is 0.311 e. The molecule has 2 heteroatoms. The standard InChI is InChI=1S/C52H36N2/c1-3-13-37(14-4-1)38-23-30-43(31-24-38)53(42-16-5-2-6-17-42)44-32-25-40(26-33-44)46-18-9-10-19-47(46)41-27-34-45(35-28-41)54-50-22-12-11-21-49(50)52-48-20-8-7-15-39(48)29-36-51(52)54/h1-36H/i2D,5D,6D,16D,17D. The van der Waals surface area contributed by atoms with Gasteiger partial charge in [-0.25, -0.2) is 0 Å². The van der Waals surface area contributed by atoms with Crippen LogP contribution in [0, 0.1) is 0 Å². The van der Waals surface area contributed by atoms with Crippen molar-refractivity contribution in [2.75, 3.05) is 4.90 Å². The molecule has 0 amide bonds. The normalized spacial score (nSPS) is 12.6. The third-order valence-electron chi connectivity index (χ3n) is 10.3. The molecular weight excluding hydrogens is 653 g/mol. The van der Waals surface area contributed by atoms with Gasteiger partial charge in [0.25, 0.3) is 0 Å². The quantitative estimate of drug-likeness (QED) is 0.161. The summed E-state index contributed by atoms with van der Waals surface area (Å²) in [6.07, 6.45) is 0. The number of hydrogen-bond donors (Lipinski definition) is 0. The minimum Gasteiger partial charge on any atom is -0.311 e. The fourth-order valence-corrected chi connectivity index (χ4v) is 7.78. The molecule has 0 N–H and O–H groups in total. The van der Waals surface area contributed by atoms with Gasteiger partial charge in [-0.3, -0.25) is 0 Å². The number of rotatable bonds is 7. The van der Waals surface area contributed by atoms with Crippen LogP contribution in [0.25, 0.3) is 71.6 Å². The Labute approximate surface area is 322 Å². The summed E-state index contributed by atoms with van der Waals surface area (Å²) in [6.45, 7) is 0. The molecule has 10 aromatic rings. The molecule has 0 radical (unpaired) electrons. The Kier molecular flexibility index (Phi) is 6.61. The minimum atomic E-state index is -0.424. The van der Waals surface area contributed by atoms with E-state index in [0.717, 1.165) is 44.6 Å². The Hall–Kier alpha value is -7.16. The third kappa shape index (κ3) is 5.53. The average molecular weight is 694 g/mol. The summed E-state index contributed by atoms with van der Waals surface area (Å²) in [7, 11) is 0. The van der Waals surface area contributed by atoms with E-state index in [-0.39, 0.29) is 29.9 Å². The van der Waals surface area contributed by atoms with E-state index in [1.807, 2.05) is 84.9 Å². The van der Waals surface area contributed by atoms with Crippen LogP contribution < -0.4 is 4.90 Å². The van der Waals surface area contributed by atoms with Crippen molar-refractivity contribution in [3.05, 3.63) is 218 Å². The maximum absolute atomic E-state index is 8.90. The van der Waals surface area contributed by atoms with Gasteiger partial charge in [-0.05, 0) is 105 Å². The highest BCUT2D eigenvalue weighted by atomic mass is 15.1. The zero-order valence-corrected chi connectivity index (χ0v) is 29.3. The van der Waals surface area contributed by atoms with E-state index in [2.05, 4.69) is 108 Å². The SMILES string of the molecule is [2H]c1c([2H])c([2H])c(N(c2ccc(-c3ccccc3)cc2)c2ccc(-c3ccccc3-c3ccc(-n4c5ccccc5c5c6ccccc6ccc54)cc3)cc2)c([2H])c1[2H]. The summed E-state index contributed by atoms with van der Waals surface area (Å²) in [4.78, 5) is 1.75. The molecule has 2 nitrogen and oxygen atoms in total. The van der Waals surface area contributed by atoms with Crippen molar-refractivity contribution in [2.45, 2.75) is 0 Å². The van der Waals surface area contributed by atoms with Gasteiger partial charge in [0.1, 0.15) is 0 Å². The molecule has 10 rings (SSSR count). The number of nitrogens with zero attached hydrogens (tertiary/aromatic N) is 2. The van der Waals surface area contributed by atoms with Crippen molar-refractivity contribution < 1.29 is 6.85 Å². The average Bonchev–Trinajstić information content (AvgIpc) is 3.64. The lowest BCUT2D eigenvalue weighted by Crippen LogP contribution is -2.09. The van der Waals surface area contributed by atoms with Crippen LogP contribution in [0.15, 0.2) is 218 Å². The summed E-state index contributed by atoms with van der Waals surface area (Å²) in [6, 6.07) is 62.8. The van der Waals surface area contributed by atoms with E-state index in [9.17, 15) is 0 Å². The van der Waals surface area contributed by atoms with Gasteiger partial charge in [-0.15, -0.1) is 0 Å². The van der Waals surface area contributed by atoms with Gasteiger partial charge >= 0.3 is 0 Å². The van der Waals surface area contributed by atoms with Crippen LogP contribution in [0.2, 0.25) is 0 Å². The molecule has 0 bridgehead atoms. The first-order chi connectivity index (χ1) is 28.9. The van der Waals surface area contributed by atoms with Crippen LogP contribution in [0.4, 0.5) is 17.1 Å². The number of para-hydroxylation sites is 2. The van der Waals surface area contributed by atoms with Gasteiger partial charge < -0.3 is 9.47 Å². The first-order valence-electron chi connectivity index (χ1n) is 20.6. The van der Waals surface area contributed by atoms with Gasteiger partial charge in [0.15, 0.2) is 0 Å². The monoisotopic (exact) mass is 693 g/mol. The summed E-state index contributed by atoms with van der Waals surface area (Å²) < 4.78 is 45.3. The second kappa shape index (κ2) is 13.4. The van der Waals surface area contributed by atoms with Crippen LogP contribution in [0.5, 0.6) is 0 Å². The highest BCUT2D eigenvalue weighted by Gasteiger charge is 2.16. The number of anilines is 3. The first-order valence-corrected chi connectivity index (χ1v) is 18.1. The maximum atomic E-state index is 8.90. The highest BCUT2D eigenvalue weighted by Crippen LogP contribution is 2.40. The van der Waals surface area contributed by atoms with Crippen LogP contribution in [-0.4, -0.2) is 4.57 Å². The first kappa shape index (κ1) is 26.6. The van der Waals surface area contributed by atoms with E-state index >= 15 is 0 Å². The molecule has 0 saturated heterocycles. The van der Waals surface area contributed by atoms with Crippen LogP contribution in [-0.2, 0) is 0 Å². The molecule has 54 heavy (non-hydrogen) atoms. The lowest BCUT2D eigenvalue weighted by molar-refractivity contribution is 1.18. The van der Waals surface area contributed by atoms with E-state index in [1.165, 1.54) is 27.1 Å². The van der Waals surface area contributed by atoms with Crippen LogP contribution >= 0.6 is 0 Å². The number of benzene rings is 9. The summed E-state index contributed by atoms with van der Waals surface area (Å²) in [5.41, 5.74) is 11.1. The Balaban J connectivity index is 1.03. The van der Waals surface area contributed by atoms with Crippen molar-refractivity contribution in [3.63, 3.8) is 0 Å². The number of fused-ring (bicyclic) bond motifs is 5. The molecule has 0 unspecified atom stereocenters. The molecule has 0 atom stereocenters. The maximum Gasteiger partial charge on any atom is 0.0645 e. The fourth-order valence-electron chi connectivity index (χ4n) is 7.78. The molecule has 0 aliphatic carbocycles. The Morgan fingerprint density at radius 1 is 0.370 bits per heavy atom. The predicted octanol–water partition coefficient (Wildman–Crippen LogP) is 14.4. The Morgan fingerprint density at radius 3 is 1.59 bits per heavy atom. The van der Waals surface area contributed by atoms with E-state index < -0.39 is 6.04 Å². The highest BCUT2D eigenvalue weighted by molar-refractivity contribution is 6.21. The zero-order valence-electron chi connectivity index (χ0n) is 34.3. The summed E-state index contributed by atoms with van der Waals surface area (Å²) in [5.74, 6) is 0. The van der Waals surface area contributed by atoms with E-state index in [4.69, 9.17) is 6.85 Å².